The van der Waals surface area contributed by atoms with Crippen LogP contribution in [0.5, 0.6) is 5.75 Å². The fourth-order valence-electron chi connectivity index (χ4n) is 1.05. The molecule has 0 aromatic heterocycles. The first kappa shape index (κ1) is 11.9. The topological polar surface area (TPSA) is 9.23 Å². The molecule has 0 aliphatic rings. The number of aryl methyl sites for hydroxylation is 1. The molecule has 0 bridgehead atoms. The molecule has 0 fully saturated rings. The summed E-state index contributed by atoms with van der Waals surface area (Å²) in [6.45, 7) is 4.87. The largest absolute Gasteiger partial charge is 0.493 e. The highest BCUT2D eigenvalue weighted by atomic mass is 79.9. The van der Waals surface area contributed by atoms with Crippen molar-refractivity contribution in [1.29, 1.82) is 0 Å². The molecule has 1 unspecified atom stereocenters. The van der Waals surface area contributed by atoms with Gasteiger partial charge in [0.1, 0.15) is 5.75 Å². The van der Waals surface area contributed by atoms with E-state index in [1.54, 1.807) is 0 Å². The van der Waals surface area contributed by atoms with Crippen LogP contribution < -0.4 is 4.74 Å². The van der Waals surface area contributed by atoms with Crippen LogP contribution in [0.25, 0.3) is 0 Å². The van der Waals surface area contributed by atoms with Crippen molar-refractivity contribution in [2.75, 3.05) is 11.9 Å². The normalized spacial score (nSPS) is 12.6. The lowest BCUT2D eigenvalue weighted by Crippen LogP contribution is -2.09. The van der Waals surface area contributed by atoms with Gasteiger partial charge in [-0.1, -0.05) is 34.5 Å². The van der Waals surface area contributed by atoms with E-state index in [-0.39, 0.29) is 0 Å². The third-order valence-corrected chi connectivity index (χ3v) is 3.26. The summed E-state index contributed by atoms with van der Waals surface area (Å²) in [5, 5.41) is 1.71. The Labute approximate surface area is 98.5 Å². The SMILES string of the molecule is Cc1cc(Cl)ccc1OCC(C)CBr. The number of alkyl halides is 1. The van der Waals surface area contributed by atoms with Gasteiger partial charge in [-0.25, -0.2) is 0 Å². The fraction of sp³-hybridized carbons (Fsp3) is 0.455. The first-order chi connectivity index (χ1) is 6.63. The summed E-state index contributed by atoms with van der Waals surface area (Å²) in [6, 6.07) is 5.68. The Bertz CT molecular complexity index is 301. The monoisotopic (exact) mass is 276 g/mol. The smallest absolute Gasteiger partial charge is 0.122 e. The van der Waals surface area contributed by atoms with Gasteiger partial charge in [-0.15, -0.1) is 0 Å². The van der Waals surface area contributed by atoms with Crippen molar-refractivity contribution in [1.82, 2.24) is 0 Å². The van der Waals surface area contributed by atoms with Crippen LogP contribution in [0.1, 0.15) is 12.5 Å². The molecule has 0 amide bonds. The van der Waals surface area contributed by atoms with E-state index in [0.717, 1.165) is 28.3 Å². The van der Waals surface area contributed by atoms with Crippen LogP contribution in [0.4, 0.5) is 0 Å². The van der Waals surface area contributed by atoms with Crippen LogP contribution in [0.2, 0.25) is 5.02 Å². The van der Waals surface area contributed by atoms with Gasteiger partial charge in [-0.05, 0) is 36.6 Å². The van der Waals surface area contributed by atoms with E-state index in [9.17, 15) is 0 Å². The van der Waals surface area contributed by atoms with Gasteiger partial charge in [0.2, 0.25) is 0 Å². The van der Waals surface area contributed by atoms with Gasteiger partial charge >= 0.3 is 0 Å². The van der Waals surface area contributed by atoms with Crippen molar-refractivity contribution < 1.29 is 4.74 Å². The maximum atomic E-state index is 5.84. The van der Waals surface area contributed by atoms with Gasteiger partial charge in [0.15, 0.2) is 0 Å². The zero-order chi connectivity index (χ0) is 10.6. The zero-order valence-electron chi connectivity index (χ0n) is 8.39. The van der Waals surface area contributed by atoms with Crippen molar-refractivity contribution in [2.45, 2.75) is 13.8 Å². The Balaban J connectivity index is 2.59. The first-order valence-corrected chi connectivity index (χ1v) is 6.08. The highest BCUT2D eigenvalue weighted by Gasteiger charge is 2.03. The molecule has 1 atom stereocenters. The summed E-state index contributed by atoms with van der Waals surface area (Å²) in [6.07, 6.45) is 0. The Hall–Kier alpha value is -0.210. The predicted octanol–water partition coefficient (Wildman–Crippen LogP) is 4.06. The van der Waals surface area contributed by atoms with Crippen LogP contribution >= 0.6 is 27.5 Å². The molecule has 0 heterocycles. The van der Waals surface area contributed by atoms with Gasteiger partial charge < -0.3 is 4.74 Å². The molecule has 1 rings (SSSR count). The molecule has 0 saturated carbocycles. The predicted molar refractivity (Wildman–Crippen MR) is 64.6 cm³/mol. The number of hydrogen-bond donors (Lipinski definition) is 0. The summed E-state index contributed by atoms with van der Waals surface area (Å²) < 4.78 is 5.66. The molecular weight excluding hydrogens is 263 g/mol. The van der Waals surface area contributed by atoms with E-state index in [1.807, 2.05) is 25.1 Å². The standard InChI is InChI=1S/C11H14BrClO/c1-8(6-12)7-14-11-4-3-10(13)5-9(11)2/h3-5,8H,6-7H2,1-2H3. The first-order valence-electron chi connectivity index (χ1n) is 4.58. The maximum absolute atomic E-state index is 5.84. The molecule has 0 N–H and O–H groups in total. The Morgan fingerprint density at radius 2 is 2.21 bits per heavy atom. The van der Waals surface area contributed by atoms with E-state index in [4.69, 9.17) is 16.3 Å². The second-order valence-corrected chi connectivity index (χ2v) is 4.56. The summed E-state index contributed by atoms with van der Waals surface area (Å²) in [4.78, 5) is 0. The van der Waals surface area contributed by atoms with E-state index in [0.29, 0.717) is 5.92 Å². The molecule has 14 heavy (non-hydrogen) atoms. The lowest BCUT2D eigenvalue weighted by molar-refractivity contribution is 0.272. The van der Waals surface area contributed by atoms with Crippen molar-refractivity contribution in [3.63, 3.8) is 0 Å². The highest BCUT2D eigenvalue weighted by Crippen LogP contribution is 2.22. The minimum Gasteiger partial charge on any atom is -0.493 e. The minimum atomic E-state index is 0.519. The average molecular weight is 278 g/mol. The Kier molecular flexibility index (Phi) is 4.76. The maximum Gasteiger partial charge on any atom is 0.122 e. The molecule has 1 aromatic rings. The van der Waals surface area contributed by atoms with Gasteiger partial charge in [-0.2, -0.15) is 0 Å². The van der Waals surface area contributed by atoms with E-state index < -0.39 is 0 Å². The lowest BCUT2D eigenvalue weighted by Gasteiger charge is -2.12. The average Bonchev–Trinajstić information content (AvgIpc) is 2.16. The number of hydrogen-bond acceptors (Lipinski definition) is 1. The van der Waals surface area contributed by atoms with E-state index >= 15 is 0 Å². The quantitative estimate of drug-likeness (QED) is 0.754. The van der Waals surface area contributed by atoms with Crippen molar-refractivity contribution in [3.05, 3.63) is 28.8 Å². The molecular formula is C11H14BrClO. The van der Waals surface area contributed by atoms with Crippen molar-refractivity contribution >= 4 is 27.5 Å². The van der Waals surface area contributed by atoms with E-state index in [1.165, 1.54) is 0 Å². The molecule has 0 saturated heterocycles. The summed E-state index contributed by atoms with van der Waals surface area (Å²) in [5.74, 6) is 1.44. The molecule has 1 aromatic carbocycles. The number of rotatable bonds is 4. The van der Waals surface area contributed by atoms with Crippen LogP contribution in [-0.2, 0) is 0 Å². The van der Waals surface area contributed by atoms with Crippen LogP contribution in [0, 0.1) is 12.8 Å². The Morgan fingerprint density at radius 1 is 1.50 bits per heavy atom. The second kappa shape index (κ2) is 5.62. The second-order valence-electron chi connectivity index (χ2n) is 3.48. The van der Waals surface area contributed by atoms with E-state index in [2.05, 4.69) is 22.9 Å². The number of halogens is 2. The Morgan fingerprint density at radius 3 is 2.79 bits per heavy atom. The molecule has 0 spiro atoms. The molecule has 3 heteroatoms. The van der Waals surface area contributed by atoms with Crippen molar-refractivity contribution in [3.8, 4) is 5.75 Å². The molecule has 1 nitrogen and oxygen atoms in total. The molecule has 78 valence electrons. The summed E-state index contributed by atoms with van der Waals surface area (Å²) in [7, 11) is 0. The third-order valence-electron chi connectivity index (χ3n) is 1.92. The van der Waals surface area contributed by atoms with Gasteiger partial charge in [0.05, 0.1) is 6.61 Å². The fourth-order valence-corrected chi connectivity index (χ4v) is 1.46. The van der Waals surface area contributed by atoms with Crippen LogP contribution in [0.3, 0.4) is 0 Å². The van der Waals surface area contributed by atoms with Gasteiger partial charge in [0, 0.05) is 10.4 Å². The van der Waals surface area contributed by atoms with Gasteiger partial charge in [0.25, 0.3) is 0 Å². The molecule has 0 aliphatic carbocycles. The van der Waals surface area contributed by atoms with Crippen LogP contribution in [-0.4, -0.2) is 11.9 Å². The number of ether oxygens (including phenoxy) is 1. The summed E-state index contributed by atoms with van der Waals surface area (Å²) >= 11 is 9.26. The van der Waals surface area contributed by atoms with Crippen LogP contribution in [0.15, 0.2) is 18.2 Å². The highest BCUT2D eigenvalue weighted by molar-refractivity contribution is 9.09. The zero-order valence-corrected chi connectivity index (χ0v) is 10.7. The lowest BCUT2D eigenvalue weighted by atomic mass is 10.2. The van der Waals surface area contributed by atoms with Gasteiger partial charge in [-0.3, -0.25) is 0 Å². The molecule has 0 radical (unpaired) electrons. The minimum absolute atomic E-state index is 0.519. The third kappa shape index (κ3) is 3.50. The van der Waals surface area contributed by atoms with Crippen molar-refractivity contribution in [2.24, 2.45) is 5.92 Å². The summed E-state index contributed by atoms with van der Waals surface area (Å²) in [5.41, 5.74) is 1.08. The number of benzene rings is 1. The molecule has 0 aliphatic heterocycles.